The average Bonchev–Trinajstić information content (AvgIpc) is 2.75. The number of piperidine rings is 1. The second-order valence-electron chi connectivity index (χ2n) is 7.89. The molecule has 1 saturated heterocycles. The normalized spacial score (nSPS) is 15.8. The molecule has 1 aliphatic heterocycles. The van der Waals surface area contributed by atoms with Crippen LogP contribution in [0, 0.1) is 6.92 Å². The number of anilines is 2. The van der Waals surface area contributed by atoms with Crippen LogP contribution in [0.1, 0.15) is 44.5 Å². The molecule has 178 valence electrons. The smallest absolute Gasteiger partial charge is 0.412 e. The van der Waals surface area contributed by atoms with Crippen LogP contribution in [-0.2, 0) is 16.0 Å². The fourth-order valence-corrected chi connectivity index (χ4v) is 3.47. The van der Waals surface area contributed by atoms with E-state index in [4.69, 9.17) is 19.3 Å². The van der Waals surface area contributed by atoms with Crippen molar-refractivity contribution in [1.29, 1.82) is 0 Å². The van der Waals surface area contributed by atoms with Crippen LogP contribution in [0.15, 0.2) is 18.5 Å². The largest absolute Gasteiger partial charge is 0.489 e. The monoisotopic (exact) mass is 459 g/mol. The molecule has 2 aromatic heterocycles. The first-order valence-electron chi connectivity index (χ1n) is 10.8. The van der Waals surface area contributed by atoms with Crippen molar-refractivity contribution in [2.75, 3.05) is 19.0 Å². The van der Waals surface area contributed by atoms with Gasteiger partial charge in [0.15, 0.2) is 12.0 Å². The number of amides is 1. The Labute approximate surface area is 192 Å². The number of pyridine rings is 1. The van der Waals surface area contributed by atoms with E-state index in [9.17, 15) is 9.59 Å². The van der Waals surface area contributed by atoms with Gasteiger partial charge in [-0.15, -0.1) is 0 Å². The highest BCUT2D eigenvalue weighted by molar-refractivity contribution is 5.71. The number of nitrogens with zero attached hydrogens (tertiary/aromatic N) is 4. The van der Waals surface area contributed by atoms with E-state index in [1.54, 1.807) is 37.8 Å². The van der Waals surface area contributed by atoms with Gasteiger partial charge in [0.2, 0.25) is 5.75 Å². The van der Waals surface area contributed by atoms with Gasteiger partial charge in [-0.2, -0.15) is 4.98 Å². The number of carboxylic acids is 1. The molecule has 1 amide bonds. The van der Waals surface area contributed by atoms with Gasteiger partial charge in [0.25, 0.3) is 5.88 Å². The molecular weight excluding hydrogens is 430 g/mol. The van der Waals surface area contributed by atoms with Crippen molar-refractivity contribution in [2.45, 2.75) is 58.8 Å². The molecule has 3 heterocycles. The molecule has 0 aromatic carbocycles. The van der Waals surface area contributed by atoms with Crippen molar-refractivity contribution in [2.24, 2.45) is 0 Å². The average molecular weight is 460 g/mol. The quantitative estimate of drug-likeness (QED) is 0.605. The van der Waals surface area contributed by atoms with Crippen LogP contribution in [0.3, 0.4) is 0 Å². The van der Waals surface area contributed by atoms with Crippen LogP contribution < -0.4 is 14.8 Å². The van der Waals surface area contributed by atoms with Crippen molar-refractivity contribution in [1.82, 2.24) is 19.9 Å². The summed E-state index contributed by atoms with van der Waals surface area (Å²) in [5, 5.41) is 12.1. The van der Waals surface area contributed by atoms with Crippen LogP contribution in [0.25, 0.3) is 0 Å². The third kappa shape index (κ3) is 6.21. The minimum atomic E-state index is -0.948. The second kappa shape index (κ2) is 10.8. The standard InChI is InChI=1S/C22H29N5O6/c1-13(2)32-22(30)27-10-6-5-7-17(27)33-21-19(31-4)20(23-12-24-21)26-16-9-8-15(11-18(28)29)25-14(16)3/h8-9,12-13,17H,5-7,10-11H2,1-4H3,(H,28,29)(H,23,24,26). The lowest BCUT2D eigenvalue weighted by Crippen LogP contribution is -2.47. The van der Waals surface area contributed by atoms with Gasteiger partial charge in [-0.3, -0.25) is 14.7 Å². The summed E-state index contributed by atoms with van der Waals surface area (Å²) in [6, 6.07) is 3.36. The Morgan fingerprint density at radius 1 is 1.27 bits per heavy atom. The molecule has 0 spiro atoms. The molecule has 3 rings (SSSR count). The minimum absolute atomic E-state index is 0.160. The Morgan fingerprint density at radius 3 is 2.73 bits per heavy atom. The number of aromatic nitrogens is 3. The van der Waals surface area contributed by atoms with E-state index in [0.717, 1.165) is 12.8 Å². The van der Waals surface area contributed by atoms with E-state index < -0.39 is 18.3 Å². The number of nitrogens with one attached hydrogen (secondary N) is 1. The molecule has 0 bridgehead atoms. The first-order valence-corrected chi connectivity index (χ1v) is 10.8. The summed E-state index contributed by atoms with van der Waals surface area (Å²) in [6.07, 6.45) is 2.38. The molecule has 0 saturated carbocycles. The summed E-state index contributed by atoms with van der Waals surface area (Å²) in [5.74, 6) is -0.131. The number of carbonyl (C=O) groups excluding carboxylic acids is 1. The van der Waals surface area contributed by atoms with Crippen LogP contribution >= 0.6 is 0 Å². The van der Waals surface area contributed by atoms with Gasteiger partial charge < -0.3 is 24.6 Å². The number of carboxylic acid groups (broad SMARTS) is 1. The zero-order chi connectivity index (χ0) is 24.0. The lowest BCUT2D eigenvalue weighted by atomic mass is 10.1. The lowest BCUT2D eigenvalue weighted by molar-refractivity contribution is -0.136. The van der Waals surface area contributed by atoms with Gasteiger partial charge in [-0.25, -0.2) is 9.78 Å². The molecule has 1 atom stereocenters. The summed E-state index contributed by atoms with van der Waals surface area (Å²) in [5.41, 5.74) is 1.69. The zero-order valence-electron chi connectivity index (χ0n) is 19.2. The number of hydrogen-bond acceptors (Lipinski definition) is 9. The Morgan fingerprint density at radius 2 is 2.06 bits per heavy atom. The predicted molar refractivity (Wildman–Crippen MR) is 119 cm³/mol. The number of rotatable bonds is 8. The van der Waals surface area contributed by atoms with Crippen LogP contribution in [0.2, 0.25) is 0 Å². The van der Waals surface area contributed by atoms with E-state index in [1.807, 2.05) is 0 Å². The van der Waals surface area contributed by atoms with E-state index in [0.29, 0.717) is 35.9 Å². The zero-order valence-corrected chi connectivity index (χ0v) is 19.2. The topological polar surface area (TPSA) is 136 Å². The summed E-state index contributed by atoms with van der Waals surface area (Å²) < 4.78 is 17.0. The van der Waals surface area contributed by atoms with E-state index >= 15 is 0 Å². The van der Waals surface area contributed by atoms with Gasteiger partial charge in [0.1, 0.15) is 6.33 Å². The van der Waals surface area contributed by atoms with Gasteiger partial charge >= 0.3 is 12.1 Å². The maximum Gasteiger partial charge on any atom is 0.412 e. The predicted octanol–water partition coefficient (Wildman–Crippen LogP) is 3.30. The van der Waals surface area contributed by atoms with Gasteiger partial charge in [-0.1, -0.05) is 0 Å². The van der Waals surface area contributed by atoms with E-state index in [2.05, 4.69) is 20.3 Å². The fourth-order valence-electron chi connectivity index (χ4n) is 3.47. The number of aliphatic carboxylic acids is 1. The highest BCUT2D eigenvalue weighted by Gasteiger charge is 2.31. The number of methoxy groups -OCH3 is 1. The van der Waals surface area contributed by atoms with Crippen molar-refractivity contribution in [3.8, 4) is 11.6 Å². The third-order valence-corrected chi connectivity index (χ3v) is 4.97. The molecule has 33 heavy (non-hydrogen) atoms. The van der Waals surface area contributed by atoms with Crippen molar-refractivity contribution < 1.29 is 28.9 Å². The van der Waals surface area contributed by atoms with Crippen LogP contribution in [0.5, 0.6) is 11.6 Å². The maximum atomic E-state index is 12.5. The Bertz CT molecular complexity index is 999. The van der Waals surface area contributed by atoms with Crippen LogP contribution in [0.4, 0.5) is 16.3 Å². The summed E-state index contributed by atoms with van der Waals surface area (Å²) in [4.78, 5) is 37.8. The molecule has 2 N–H and O–H groups in total. The van der Waals surface area contributed by atoms with Crippen molar-refractivity contribution >= 4 is 23.6 Å². The molecule has 1 unspecified atom stereocenters. The second-order valence-corrected chi connectivity index (χ2v) is 7.89. The Kier molecular flexibility index (Phi) is 7.86. The number of carbonyl (C=O) groups is 2. The maximum absolute atomic E-state index is 12.5. The number of ether oxygens (including phenoxy) is 3. The third-order valence-electron chi connectivity index (χ3n) is 4.97. The molecule has 0 radical (unpaired) electrons. The molecule has 1 fully saturated rings. The summed E-state index contributed by atoms with van der Waals surface area (Å²) in [6.45, 7) is 5.89. The first-order chi connectivity index (χ1) is 15.8. The Hall–Kier alpha value is -3.63. The highest BCUT2D eigenvalue weighted by Crippen LogP contribution is 2.35. The molecule has 1 aliphatic rings. The number of hydrogen-bond donors (Lipinski definition) is 2. The van der Waals surface area contributed by atoms with Gasteiger partial charge in [0.05, 0.1) is 36.7 Å². The van der Waals surface area contributed by atoms with Gasteiger partial charge in [0, 0.05) is 13.0 Å². The summed E-state index contributed by atoms with van der Waals surface area (Å²) >= 11 is 0. The van der Waals surface area contributed by atoms with Crippen molar-refractivity contribution in [3.63, 3.8) is 0 Å². The minimum Gasteiger partial charge on any atom is -0.489 e. The van der Waals surface area contributed by atoms with E-state index in [1.165, 1.54) is 13.4 Å². The SMILES string of the molecule is COc1c(Nc2ccc(CC(=O)O)nc2C)ncnc1OC1CCCCN1C(=O)OC(C)C. The fraction of sp³-hybridized carbons (Fsp3) is 0.500. The number of aryl methyl sites for hydroxylation is 1. The molecule has 11 heteroatoms. The van der Waals surface area contributed by atoms with Gasteiger partial charge in [-0.05, 0) is 45.7 Å². The molecule has 2 aromatic rings. The van der Waals surface area contributed by atoms with Crippen LogP contribution in [-0.4, -0.2) is 63.0 Å². The Balaban J connectivity index is 1.81. The molecule has 11 nitrogen and oxygen atoms in total. The number of likely N-dealkylation sites (tertiary alicyclic amines) is 1. The van der Waals surface area contributed by atoms with Crippen molar-refractivity contribution in [3.05, 3.63) is 29.8 Å². The summed E-state index contributed by atoms with van der Waals surface area (Å²) in [7, 11) is 1.48. The molecular formula is C22H29N5O6. The van der Waals surface area contributed by atoms with E-state index in [-0.39, 0.29) is 24.2 Å². The first kappa shape index (κ1) is 24.0. The highest BCUT2D eigenvalue weighted by atomic mass is 16.6. The molecule has 0 aliphatic carbocycles. The lowest BCUT2D eigenvalue weighted by Gasteiger charge is -2.35.